The predicted octanol–water partition coefficient (Wildman–Crippen LogP) is 1.00. The number of aryl methyl sites for hydroxylation is 1. The van der Waals surface area contributed by atoms with Gasteiger partial charge in [-0.25, -0.2) is 4.79 Å². The van der Waals surface area contributed by atoms with Gasteiger partial charge in [0, 0.05) is 25.7 Å². The number of nitrogens with zero attached hydrogens (tertiary/aromatic N) is 2. The average Bonchev–Trinajstić information content (AvgIpc) is 2.80. The van der Waals surface area contributed by atoms with Crippen molar-refractivity contribution in [2.24, 2.45) is 0 Å². The molecule has 8 heteroatoms. The molecule has 0 aliphatic carbocycles. The molecule has 2 N–H and O–H groups in total. The molecule has 1 aromatic rings. The molecule has 26 heavy (non-hydrogen) atoms. The van der Waals surface area contributed by atoms with Crippen molar-refractivity contribution in [3.8, 4) is 0 Å². The van der Waals surface area contributed by atoms with Gasteiger partial charge in [-0.15, -0.1) is 12.4 Å². The molecule has 0 bridgehead atoms. The van der Waals surface area contributed by atoms with E-state index < -0.39 is 17.5 Å². The Balaban J connectivity index is 0.00000243. The monoisotopic (exact) mass is 380 g/mol. The number of halogens is 1. The van der Waals surface area contributed by atoms with Crippen molar-refractivity contribution in [2.75, 3.05) is 26.2 Å². The molecule has 3 rings (SSSR count). The molecule has 142 valence electrons. The van der Waals surface area contributed by atoms with Gasteiger partial charge >= 0.3 is 6.03 Å². The summed E-state index contributed by atoms with van der Waals surface area (Å²) in [5.74, 6) is -0.594. The topological polar surface area (TPSA) is 81.8 Å². The Kier molecular flexibility index (Phi) is 5.93. The number of imide groups is 1. The fourth-order valence-electron chi connectivity index (χ4n) is 3.36. The quantitative estimate of drug-likeness (QED) is 0.767. The summed E-state index contributed by atoms with van der Waals surface area (Å²) < 4.78 is 0. The van der Waals surface area contributed by atoms with Crippen LogP contribution >= 0.6 is 12.4 Å². The fraction of sp³-hybridized carbons (Fsp3) is 0.500. The summed E-state index contributed by atoms with van der Waals surface area (Å²) in [5.41, 5.74) is 0.644. The number of rotatable bonds is 3. The molecule has 0 spiro atoms. The molecule has 2 aliphatic rings. The Morgan fingerprint density at radius 2 is 1.92 bits per heavy atom. The van der Waals surface area contributed by atoms with E-state index in [1.807, 2.05) is 38.1 Å². The van der Waals surface area contributed by atoms with Crippen LogP contribution in [0.15, 0.2) is 24.3 Å². The Morgan fingerprint density at radius 1 is 1.27 bits per heavy atom. The van der Waals surface area contributed by atoms with Gasteiger partial charge in [-0.3, -0.25) is 14.5 Å². The number of urea groups is 1. The maximum Gasteiger partial charge on any atom is 0.325 e. The Labute approximate surface area is 159 Å². The first-order valence-electron chi connectivity index (χ1n) is 8.54. The maximum absolute atomic E-state index is 12.9. The zero-order valence-corrected chi connectivity index (χ0v) is 16.1. The third-order valence-corrected chi connectivity index (χ3v) is 5.02. The number of hydrogen-bond donors (Lipinski definition) is 2. The molecule has 2 aliphatic heterocycles. The Hall–Kier alpha value is -2.12. The second kappa shape index (κ2) is 7.63. The van der Waals surface area contributed by atoms with Crippen molar-refractivity contribution in [1.29, 1.82) is 0 Å². The smallest absolute Gasteiger partial charge is 0.325 e. The van der Waals surface area contributed by atoms with E-state index in [0.717, 1.165) is 17.0 Å². The van der Waals surface area contributed by atoms with E-state index in [0.29, 0.717) is 18.7 Å². The molecule has 2 saturated heterocycles. The van der Waals surface area contributed by atoms with Crippen LogP contribution < -0.4 is 10.6 Å². The van der Waals surface area contributed by atoms with Crippen LogP contribution in [0, 0.1) is 6.92 Å². The van der Waals surface area contributed by atoms with Crippen LogP contribution in [0.4, 0.5) is 4.79 Å². The summed E-state index contributed by atoms with van der Waals surface area (Å²) in [6.45, 7) is 7.38. The molecule has 2 fully saturated rings. The van der Waals surface area contributed by atoms with E-state index in [1.54, 1.807) is 11.8 Å². The average molecular weight is 381 g/mol. The number of nitrogens with one attached hydrogen (secondary N) is 2. The predicted molar refractivity (Wildman–Crippen MR) is 100 cm³/mol. The van der Waals surface area contributed by atoms with E-state index in [4.69, 9.17) is 0 Å². The number of carbonyl (C=O) groups excluding carboxylic acids is 3. The first-order chi connectivity index (χ1) is 11.8. The Bertz CT molecular complexity index is 709. The van der Waals surface area contributed by atoms with Crippen molar-refractivity contribution < 1.29 is 14.4 Å². The number of piperazine rings is 1. The van der Waals surface area contributed by atoms with E-state index in [-0.39, 0.29) is 30.9 Å². The van der Waals surface area contributed by atoms with E-state index in [9.17, 15) is 14.4 Å². The van der Waals surface area contributed by atoms with Gasteiger partial charge in [-0.2, -0.15) is 0 Å². The number of benzene rings is 1. The second-order valence-corrected chi connectivity index (χ2v) is 6.95. The lowest BCUT2D eigenvalue weighted by Crippen LogP contribution is -2.55. The molecule has 0 saturated carbocycles. The van der Waals surface area contributed by atoms with E-state index in [2.05, 4.69) is 10.6 Å². The minimum atomic E-state index is -1.14. The minimum absolute atomic E-state index is 0. The standard InChI is InChI=1S/C18H24N4O3.ClH/c1-12-4-6-14(7-5-12)18(3)16(24)22(17(25)20-18)11-15(23)21-9-8-19-10-13(21)2;/h4-7,13,19H,8-11H2,1-3H3,(H,20,25);1H. The van der Waals surface area contributed by atoms with Gasteiger partial charge in [0.15, 0.2) is 0 Å². The SMILES string of the molecule is Cc1ccc(C2(C)NC(=O)N(CC(=O)N3CCNCC3C)C2=O)cc1.Cl. The van der Waals surface area contributed by atoms with Crippen LogP contribution in [0.25, 0.3) is 0 Å². The Morgan fingerprint density at radius 3 is 2.54 bits per heavy atom. The van der Waals surface area contributed by atoms with Crippen molar-refractivity contribution in [2.45, 2.75) is 32.4 Å². The normalized spacial score (nSPS) is 25.7. The molecule has 0 aromatic heterocycles. The lowest BCUT2D eigenvalue weighted by atomic mass is 9.91. The van der Waals surface area contributed by atoms with Crippen LogP contribution in [0.2, 0.25) is 0 Å². The van der Waals surface area contributed by atoms with Crippen LogP contribution in [-0.2, 0) is 15.1 Å². The molecule has 0 radical (unpaired) electrons. The highest BCUT2D eigenvalue weighted by molar-refractivity contribution is 6.09. The molecule has 1 aromatic carbocycles. The summed E-state index contributed by atoms with van der Waals surface area (Å²) in [7, 11) is 0. The third kappa shape index (κ3) is 3.54. The number of amides is 4. The molecule has 7 nitrogen and oxygen atoms in total. The molecule has 4 amide bonds. The first-order valence-corrected chi connectivity index (χ1v) is 8.54. The van der Waals surface area contributed by atoms with Crippen molar-refractivity contribution in [3.05, 3.63) is 35.4 Å². The van der Waals surface area contributed by atoms with Gasteiger partial charge in [0.2, 0.25) is 5.91 Å². The lowest BCUT2D eigenvalue weighted by Gasteiger charge is -2.34. The van der Waals surface area contributed by atoms with Gasteiger partial charge in [-0.1, -0.05) is 29.8 Å². The summed E-state index contributed by atoms with van der Waals surface area (Å²) in [6, 6.07) is 6.98. The zero-order chi connectivity index (χ0) is 18.2. The molecule has 2 heterocycles. The molecule has 2 atom stereocenters. The summed E-state index contributed by atoms with van der Waals surface area (Å²) in [4.78, 5) is 40.6. The van der Waals surface area contributed by atoms with Gasteiger partial charge in [0.05, 0.1) is 0 Å². The molecular formula is C18H25ClN4O3. The van der Waals surface area contributed by atoms with Crippen LogP contribution in [0.5, 0.6) is 0 Å². The summed E-state index contributed by atoms with van der Waals surface area (Å²) in [5, 5.41) is 5.96. The second-order valence-electron chi connectivity index (χ2n) is 6.95. The summed E-state index contributed by atoms with van der Waals surface area (Å²) in [6.07, 6.45) is 0. The highest BCUT2D eigenvalue weighted by atomic mass is 35.5. The van der Waals surface area contributed by atoms with E-state index in [1.165, 1.54) is 0 Å². The minimum Gasteiger partial charge on any atom is -0.336 e. The third-order valence-electron chi connectivity index (χ3n) is 5.02. The van der Waals surface area contributed by atoms with E-state index >= 15 is 0 Å². The van der Waals surface area contributed by atoms with Crippen LogP contribution in [0.1, 0.15) is 25.0 Å². The molecule has 2 unspecified atom stereocenters. The van der Waals surface area contributed by atoms with Crippen LogP contribution in [0.3, 0.4) is 0 Å². The first kappa shape index (κ1) is 20.2. The summed E-state index contributed by atoms with van der Waals surface area (Å²) >= 11 is 0. The highest BCUT2D eigenvalue weighted by Gasteiger charge is 2.49. The lowest BCUT2D eigenvalue weighted by molar-refractivity contribution is -0.140. The van der Waals surface area contributed by atoms with Crippen molar-refractivity contribution in [1.82, 2.24) is 20.4 Å². The fourth-order valence-corrected chi connectivity index (χ4v) is 3.36. The number of carbonyl (C=O) groups is 3. The van der Waals surface area contributed by atoms with Gasteiger partial charge < -0.3 is 15.5 Å². The van der Waals surface area contributed by atoms with Crippen LogP contribution in [-0.4, -0.2) is 59.9 Å². The van der Waals surface area contributed by atoms with Gasteiger partial charge in [0.1, 0.15) is 12.1 Å². The van der Waals surface area contributed by atoms with Gasteiger partial charge in [-0.05, 0) is 26.3 Å². The zero-order valence-electron chi connectivity index (χ0n) is 15.2. The highest BCUT2D eigenvalue weighted by Crippen LogP contribution is 2.29. The van der Waals surface area contributed by atoms with Gasteiger partial charge in [0.25, 0.3) is 5.91 Å². The maximum atomic E-state index is 12.9. The number of hydrogen-bond acceptors (Lipinski definition) is 4. The van der Waals surface area contributed by atoms with Crippen molar-refractivity contribution >= 4 is 30.3 Å². The largest absolute Gasteiger partial charge is 0.336 e. The molecular weight excluding hydrogens is 356 g/mol. The van der Waals surface area contributed by atoms with Crippen molar-refractivity contribution in [3.63, 3.8) is 0 Å².